The van der Waals surface area contributed by atoms with Gasteiger partial charge in [-0.2, -0.15) is 0 Å². The normalized spacial score (nSPS) is 11.8. The third-order valence-corrected chi connectivity index (χ3v) is 3.54. The molecule has 2 amide bonds. The van der Waals surface area contributed by atoms with Gasteiger partial charge in [0.25, 0.3) is 0 Å². The second-order valence-electron chi connectivity index (χ2n) is 5.10. The summed E-state index contributed by atoms with van der Waals surface area (Å²) in [6.07, 6.45) is -0.310. The first-order valence-electron chi connectivity index (χ1n) is 7.24. The number of nitrogens with one attached hydrogen (secondary N) is 2. The van der Waals surface area contributed by atoms with Crippen LogP contribution in [0.5, 0.6) is 0 Å². The van der Waals surface area contributed by atoms with E-state index in [4.69, 9.17) is 11.6 Å². The number of hydrogen-bond acceptors (Lipinski definition) is 2. The van der Waals surface area contributed by atoms with E-state index in [-0.39, 0.29) is 11.8 Å². The van der Waals surface area contributed by atoms with Crippen molar-refractivity contribution in [3.8, 4) is 0 Å². The summed E-state index contributed by atoms with van der Waals surface area (Å²) in [6.45, 7) is 0.631. The van der Waals surface area contributed by atoms with Gasteiger partial charge in [-0.1, -0.05) is 35.9 Å². The molecule has 6 heteroatoms. The molecule has 2 rings (SSSR count). The van der Waals surface area contributed by atoms with Crippen molar-refractivity contribution in [3.63, 3.8) is 0 Å². The lowest BCUT2D eigenvalue weighted by Crippen LogP contribution is -2.36. The number of benzene rings is 2. The number of amides is 2. The molecule has 2 aromatic carbocycles. The number of rotatable bonds is 6. The van der Waals surface area contributed by atoms with Crippen LogP contribution in [0.4, 0.5) is 9.18 Å². The van der Waals surface area contributed by atoms with Crippen molar-refractivity contribution in [3.05, 3.63) is 70.5 Å². The summed E-state index contributed by atoms with van der Waals surface area (Å²) in [5, 5.41) is 15.9. The SMILES string of the molecule is O=C(NCCC(O)c1cccc(Cl)c1)NCc1ccc(F)cc1. The molecule has 2 aromatic rings. The van der Waals surface area contributed by atoms with E-state index < -0.39 is 6.10 Å². The van der Waals surface area contributed by atoms with Crippen LogP contribution in [0, 0.1) is 5.82 Å². The Balaban J connectivity index is 1.69. The number of aliphatic hydroxyl groups is 1. The molecule has 0 saturated heterocycles. The van der Waals surface area contributed by atoms with Crippen molar-refractivity contribution in [2.24, 2.45) is 0 Å². The van der Waals surface area contributed by atoms with E-state index in [1.54, 1.807) is 36.4 Å². The van der Waals surface area contributed by atoms with Crippen LogP contribution < -0.4 is 10.6 Å². The summed E-state index contributed by atoms with van der Waals surface area (Å²) < 4.78 is 12.8. The van der Waals surface area contributed by atoms with Gasteiger partial charge in [-0.05, 0) is 41.8 Å². The molecule has 0 fully saturated rings. The molecular weight excluding hydrogens is 319 g/mol. The van der Waals surface area contributed by atoms with Gasteiger partial charge in [0.1, 0.15) is 5.82 Å². The minimum Gasteiger partial charge on any atom is -0.388 e. The number of carbonyl (C=O) groups excluding carboxylic acids is 1. The molecule has 0 aliphatic carbocycles. The molecule has 1 atom stereocenters. The first-order valence-corrected chi connectivity index (χ1v) is 7.62. The van der Waals surface area contributed by atoms with Crippen molar-refractivity contribution in [1.29, 1.82) is 0 Å². The van der Waals surface area contributed by atoms with Gasteiger partial charge in [0.2, 0.25) is 0 Å². The van der Waals surface area contributed by atoms with Crippen LogP contribution in [0.15, 0.2) is 48.5 Å². The van der Waals surface area contributed by atoms with E-state index in [0.29, 0.717) is 30.1 Å². The Labute approximate surface area is 139 Å². The van der Waals surface area contributed by atoms with Crippen molar-refractivity contribution in [2.75, 3.05) is 6.54 Å². The van der Waals surface area contributed by atoms with Crippen LogP contribution in [0.3, 0.4) is 0 Å². The van der Waals surface area contributed by atoms with Crippen LogP contribution in [-0.4, -0.2) is 17.7 Å². The molecular formula is C17H18ClFN2O2. The zero-order valence-electron chi connectivity index (χ0n) is 12.4. The quantitative estimate of drug-likeness (QED) is 0.757. The molecule has 122 valence electrons. The summed E-state index contributed by atoms with van der Waals surface area (Å²) in [7, 11) is 0. The minimum absolute atomic E-state index is 0.308. The maximum Gasteiger partial charge on any atom is 0.315 e. The Kier molecular flexibility index (Phi) is 6.38. The average molecular weight is 337 g/mol. The Morgan fingerprint density at radius 3 is 2.61 bits per heavy atom. The van der Waals surface area contributed by atoms with Crippen LogP contribution in [0.2, 0.25) is 5.02 Å². The summed E-state index contributed by atoms with van der Waals surface area (Å²) in [6, 6.07) is 12.5. The fraction of sp³-hybridized carbons (Fsp3) is 0.235. The van der Waals surface area contributed by atoms with Gasteiger partial charge in [-0.3, -0.25) is 0 Å². The number of aliphatic hydroxyl groups excluding tert-OH is 1. The predicted molar refractivity (Wildman–Crippen MR) is 87.7 cm³/mol. The third-order valence-electron chi connectivity index (χ3n) is 3.30. The summed E-state index contributed by atoms with van der Waals surface area (Å²) in [5.74, 6) is -0.312. The first kappa shape index (κ1) is 17.2. The minimum atomic E-state index is -0.689. The van der Waals surface area contributed by atoms with Crippen LogP contribution >= 0.6 is 11.6 Å². The number of urea groups is 1. The fourth-order valence-electron chi connectivity index (χ4n) is 2.05. The lowest BCUT2D eigenvalue weighted by atomic mass is 10.1. The Hall–Kier alpha value is -2.11. The van der Waals surface area contributed by atoms with Gasteiger partial charge in [0, 0.05) is 18.1 Å². The van der Waals surface area contributed by atoms with Crippen molar-refractivity contribution in [2.45, 2.75) is 19.1 Å². The van der Waals surface area contributed by atoms with Gasteiger partial charge in [0.15, 0.2) is 0 Å². The Bertz CT molecular complexity index is 649. The largest absolute Gasteiger partial charge is 0.388 e. The highest BCUT2D eigenvalue weighted by molar-refractivity contribution is 6.30. The van der Waals surface area contributed by atoms with Crippen molar-refractivity contribution < 1.29 is 14.3 Å². The van der Waals surface area contributed by atoms with Crippen molar-refractivity contribution in [1.82, 2.24) is 10.6 Å². The summed E-state index contributed by atoms with van der Waals surface area (Å²) in [5.41, 5.74) is 1.52. The Morgan fingerprint density at radius 1 is 1.17 bits per heavy atom. The predicted octanol–water partition coefficient (Wildman–Crippen LogP) is 3.40. The molecule has 0 radical (unpaired) electrons. The van der Waals surface area contributed by atoms with Crippen LogP contribution in [0.25, 0.3) is 0 Å². The van der Waals surface area contributed by atoms with E-state index in [1.807, 2.05) is 0 Å². The standard InChI is InChI=1S/C17H18ClFN2O2/c18-14-3-1-2-13(10-14)16(22)8-9-20-17(23)21-11-12-4-6-15(19)7-5-12/h1-7,10,16,22H,8-9,11H2,(H2,20,21,23). The topological polar surface area (TPSA) is 61.4 Å². The zero-order valence-corrected chi connectivity index (χ0v) is 13.2. The number of hydrogen-bond donors (Lipinski definition) is 3. The molecule has 0 aliphatic heterocycles. The summed E-state index contributed by atoms with van der Waals surface area (Å²) in [4.78, 5) is 11.7. The molecule has 4 nitrogen and oxygen atoms in total. The van der Waals surface area contributed by atoms with Gasteiger partial charge in [-0.25, -0.2) is 9.18 Å². The third kappa shape index (κ3) is 5.88. The molecule has 0 saturated carbocycles. The highest BCUT2D eigenvalue weighted by Gasteiger charge is 2.08. The van der Waals surface area contributed by atoms with Gasteiger partial charge >= 0.3 is 6.03 Å². The molecule has 23 heavy (non-hydrogen) atoms. The van der Waals surface area contributed by atoms with Crippen LogP contribution in [0.1, 0.15) is 23.7 Å². The molecule has 1 unspecified atom stereocenters. The average Bonchev–Trinajstić information content (AvgIpc) is 2.54. The molecule has 0 aliphatic rings. The van der Waals surface area contributed by atoms with E-state index in [1.165, 1.54) is 12.1 Å². The van der Waals surface area contributed by atoms with Crippen molar-refractivity contribution >= 4 is 17.6 Å². The fourth-order valence-corrected chi connectivity index (χ4v) is 2.25. The molecule has 0 aromatic heterocycles. The zero-order chi connectivity index (χ0) is 16.7. The van der Waals surface area contributed by atoms with E-state index in [2.05, 4.69) is 10.6 Å². The lowest BCUT2D eigenvalue weighted by Gasteiger charge is -2.12. The number of carbonyl (C=O) groups is 1. The van der Waals surface area contributed by atoms with E-state index in [9.17, 15) is 14.3 Å². The second kappa shape index (κ2) is 8.50. The smallest absolute Gasteiger partial charge is 0.315 e. The lowest BCUT2D eigenvalue weighted by molar-refractivity contribution is 0.167. The van der Waals surface area contributed by atoms with Crippen LogP contribution in [-0.2, 0) is 6.54 Å². The number of halogens is 2. The summed E-state index contributed by atoms with van der Waals surface area (Å²) >= 11 is 5.87. The molecule has 0 bridgehead atoms. The van der Waals surface area contributed by atoms with E-state index in [0.717, 1.165) is 5.56 Å². The highest BCUT2D eigenvalue weighted by Crippen LogP contribution is 2.19. The maximum atomic E-state index is 12.8. The molecule has 0 spiro atoms. The molecule has 0 heterocycles. The van der Waals surface area contributed by atoms with Gasteiger partial charge < -0.3 is 15.7 Å². The van der Waals surface area contributed by atoms with E-state index >= 15 is 0 Å². The van der Waals surface area contributed by atoms with Gasteiger partial charge in [-0.15, -0.1) is 0 Å². The van der Waals surface area contributed by atoms with Gasteiger partial charge in [0.05, 0.1) is 6.10 Å². The highest BCUT2D eigenvalue weighted by atomic mass is 35.5. The monoisotopic (exact) mass is 336 g/mol. The first-order chi connectivity index (χ1) is 11.0. The second-order valence-corrected chi connectivity index (χ2v) is 5.53. The molecule has 3 N–H and O–H groups in total. The Morgan fingerprint density at radius 2 is 1.91 bits per heavy atom. The maximum absolute atomic E-state index is 12.8.